The van der Waals surface area contributed by atoms with Crippen molar-refractivity contribution < 1.29 is 49.4 Å². The molecule has 0 unspecified atom stereocenters. The summed E-state index contributed by atoms with van der Waals surface area (Å²) in [6.45, 7) is 27.4. The molecular formula is C62H80CoN4O7S. The maximum absolute atomic E-state index is 11.7. The number of hydrogen-bond donors (Lipinski definition) is 3. The number of hydrogen-bond acceptors (Lipinski definition) is 9. The van der Waals surface area contributed by atoms with Gasteiger partial charge < -0.3 is 19.7 Å². The molecule has 1 radical (unpaired) electrons. The molecule has 75 heavy (non-hydrogen) atoms. The van der Waals surface area contributed by atoms with Crippen molar-refractivity contribution in [2.75, 3.05) is 6.61 Å². The van der Waals surface area contributed by atoms with Crippen LogP contribution in [0, 0.1) is 19.8 Å². The summed E-state index contributed by atoms with van der Waals surface area (Å²) >= 11 is 0. The Bertz CT molecular complexity index is 3000. The smallest absolute Gasteiger partial charge is 0.294 e. The summed E-state index contributed by atoms with van der Waals surface area (Å²) in [6, 6.07) is 28.8. The Kier molecular flexibility index (Phi) is 20.7. The largest absolute Gasteiger partial charge is 0.507 e. The van der Waals surface area contributed by atoms with Gasteiger partial charge >= 0.3 is 0 Å². The topological polar surface area (TPSA) is 156 Å². The molecule has 0 aliphatic heterocycles. The number of nitrogens with zero attached hydrogens (tertiary/aromatic N) is 4. The van der Waals surface area contributed by atoms with Gasteiger partial charge in [-0.3, -0.25) is 14.2 Å². The first kappa shape index (κ1) is 60.1. The number of unbranched alkanes of at least 4 members (excludes halogenated alkanes) is 1. The van der Waals surface area contributed by atoms with E-state index in [0.29, 0.717) is 24.7 Å². The average Bonchev–Trinajstić information content (AvgIpc) is 3.81. The van der Waals surface area contributed by atoms with E-state index in [1.807, 2.05) is 48.3 Å². The van der Waals surface area contributed by atoms with Crippen LogP contribution in [0.5, 0.6) is 23.0 Å². The monoisotopic (exact) mass is 1080 g/mol. The first-order chi connectivity index (χ1) is 34.8. The van der Waals surface area contributed by atoms with Crippen molar-refractivity contribution in [2.24, 2.45) is 10.9 Å². The van der Waals surface area contributed by atoms with Crippen molar-refractivity contribution in [2.45, 2.75) is 168 Å². The van der Waals surface area contributed by atoms with E-state index >= 15 is 0 Å². The fourth-order valence-corrected chi connectivity index (χ4v) is 9.60. The average molecular weight is 1080 g/mol. The van der Waals surface area contributed by atoms with Crippen molar-refractivity contribution in [3.8, 4) is 34.3 Å². The Balaban J connectivity index is 0.000000769. The van der Waals surface area contributed by atoms with Crippen LogP contribution >= 0.6 is 0 Å². The Labute approximate surface area is 457 Å². The van der Waals surface area contributed by atoms with Gasteiger partial charge in [-0.2, -0.15) is 8.42 Å². The molecule has 0 bridgehead atoms. The molecule has 1 fully saturated rings. The summed E-state index contributed by atoms with van der Waals surface area (Å²) < 4.78 is 43.9. The number of aliphatic imine (C=N–C) groups is 1. The predicted octanol–water partition coefficient (Wildman–Crippen LogP) is 14.5. The molecule has 1 aliphatic carbocycles. The molecule has 7 rings (SSSR count). The fraction of sp³-hybridized carbons (Fsp3) is 0.435. The number of phenols is 2. The van der Waals surface area contributed by atoms with E-state index in [2.05, 4.69) is 141 Å². The molecular weight excluding hydrogens is 1000 g/mol. The summed E-state index contributed by atoms with van der Waals surface area (Å²) in [7, 11) is -4.02. The van der Waals surface area contributed by atoms with Crippen molar-refractivity contribution in [3.63, 3.8) is 0 Å². The van der Waals surface area contributed by atoms with Gasteiger partial charge in [0.2, 0.25) is 0 Å². The van der Waals surface area contributed by atoms with Gasteiger partial charge in [0.25, 0.3) is 10.1 Å². The minimum atomic E-state index is -4.02. The Morgan fingerprint density at radius 1 is 0.773 bits per heavy atom. The summed E-state index contributed by atoms with van der Waals surface area (Å²) in [5.41, 5.74) is 10.00. The van der Waals surface area contributed by atoms with Gasteiger partial charge in [-0.25, -0.2) is 0 Å². The van der Waals surface area contributed by atoms with Gasteiger partial charge in [0.15, 0.2) is 0 Å². The van der Waals surface area contributed by atoms with Gasteiger partial charge in [0.1, 0.15) is 35.3 Å². The molecule has 11 nitrogen and oxygen atoms in total. The zero-order chi connectivity index (χ0) is 54.0. The van der Waals surface area contributed by atoms with Crippen LogP contribution in [0.4, 0.5) is 0 Å². The van der Waals surface area contributed by atoms with E-state index in [0.717, 1.165) is 119 Å². The van der Waals surface area contributed by atoms with E-state index in [-0.39, 0.29) is 49.9 Å². The Morgan fingerprint density at radius 3 is 2.07 bits per heavy atom. The molecule has 0 spiro atoms. The first-order valence-corrected chi connectivity index (χ1v) is 27.6. The third kappa shape index (κ3) is 16.9. The summed E-state index contributed by atoms with van der Waals surface area (Å²) in [6.07, 6.45) is 15.1. The van der Waals surface area contributed by atoms with E-state index in [9.17, 15) is 18.6 Å². The number of phenolic OH excluding ortho intramolecular Hbond substituents is 2. The maximum atomic E-state index is 11.7. The third-order valence-corrected chi connectivity index (χ3v) is 14.5. The fourth-order valence-electron chi connectivity index (χ4n) is 9.12. The van der Waals surface area contributed by atoms with Crippen LogP contribution in [0.3, 0.4) is 0 Å². The number of ether oxygens (including phenoxy) is 2. The molecule has 1 aromatic heterocycles. The van der Waals surface area contributed by atoms with Gasteiger partial charge in [-0.15, -0.1) is 5.10 Å². The normalized spacial score (nSPS) is 15.4. The first-order valence-electron chi connectivity index (χ1n) is 26.2. The van der Waals surface area contributed by atoms with Crippen molar-refractivity contribution in [1.29, 1.82) is 0 Å². The van der Waals surface area contributed by atoms with Crippen LogP contribution in [-0.2, 0) is 62.7 Å². The van der Waals surface area contributed by atoms with Crippen LogP contribution in [0.15, 0.2) is 113 Å². The Morgan fingerprint density at radius 2 is 1.43 bits per heavy atom. The van der Waals surface area contributed by atoms with E-state index in [4.69, 9.17) is 19.0 Å². The van der Waals surface area contributed by atoms with Crippen LogP contribution in [0.25, 0.3) is 17.3 Å². The van der Waals surface area contributed by atoms with Crippen LogP contribution in [0.2, 0.25) is 0 Å². The van der Waals surface area contributed by atoms with E-state index < -0.39 is 10.1 Å². The van der Waals surface area contributed by atoms with Crippen LogP contribution < -0.4 is 9.47 Å². The molecule has 0 saturated heterocycles. The molecule has 2 atom stereocenters. The van der Waals surface area contributed by atoms with Gasteiger partial charge in [-0.05, 0) is 133 Å². The summed E-state index contributed by atoms with van der Waals surface area (Å²) in [4.78, 5) is 5.08. The SMILES string of the molecule is CCc1cc(OCc2ccccc2)cc(C)c1OCCCCn1cc(-c2cc(/C=C/[C@H]3CCCC[C@H]3N=Cc3cc(C(C)(C)C)cc(C(C)(C)C)c3O)c(O)c(C(C)(C)C)c2)nn1.Cc1ccc(S(=O)(=O)O)cc1.[Co]. The third-order valence-electron chi connectivity index (χ3n) is 13.6. The van der Waals surface area contributed by atoms with E-state index in [1.54, 1.807) is 12.1 Å². The second-order valence-electron chi connectivity index (χ2n) is 22.9. The quantitative estimate of drug-likeness (QED) is 0.0488. The molecule has 1 aliphatic rings. The minimum Gasteiger partial charge on any atom is -0.507 e. The maximum Gasteiger partial charge on any atom is 0.294 e. The van der Waals surface area contributed by atoms with Gasteiger partial charge in [0.05, 0.1) is 23.7 Å². The number of benzene rings is 5. The number of aryl methyl sites for hydroxylation is 4. The molecule has 5 aromatic carbocycles. The Hall–Kier alpha value is -5.73. The molecule has 0 amide bonds. The zero-order valence-electron chi connectivity index (χ0n) is 46.2. The number of aromatic nitrogens is 3. The van der Waals surface area contributed by atoms with Crippen LogP contribution in [-0.4, -0.2) is 57.0 Å². The van der Waals surface area contributed by atoms with Gasteiger partial charge in [-0.1, -0.05) is 154 Å². The van der Waals surface area contributed by atoms with E-state index in [1.165, 1.54) is 17.7 Å². The molecule has 1 saturated carbocycles. The second-order valence-corrected chi connectivity index (χ2v) is 24.3. The molecule has 3 N–H and O–H groups in total. The molecule has 1 heterocycles. The molecule has 13 heteroatoms. The van der Waals surface area contributed by atoms with Crippen molar-refractivity contribution >= 4 is 22.4 Å². The second kappa shape index (κ2) is 25.9. The number of aromatic hydroxyl groups is 2. The predicted molar refractivity (Wildman–Crippen MR) is 301 cm³/mol. The zero-order valence-corrected chi connectivity index (χ0v) is 48.1. The molecule has 405 valence electrons. The summed E-state index contributed by atoms with van der Waals surface area (Å²) in [5, 5.41) is 32.2. The van der Waals surface area contributed by atoms with Gasteiger partial charge in [0, 0.05) is 57.4 Å². The number of rotatable bonds is 16. The standard InChI is InChI=1S/C55H72N4O4.C7H8O3S.Co/c1-12-39-31-45(63-36-38-20-14-13-15-21-38)28-37(2)52(39)62-27-19-18-26-59-35-49(57-58-59)42-29-41(50(60)46(32-42)54(6,7)8)25-24-40-22-16-17-23-48(40)56-34-43-30-44(53(3,4)5)33-47(51(43)61)55(9,10)11;1-6-2-4-7(5-3-6)11(8,9)10;/h13-15,20-21,24-25,28-35,40,48,60-61H,12,16-19,22-23,26-27,36H2,1-11H3;2-5H,1H3,(H,8,9,10);/b25-24+,56-34?;;/t40-,48-;;/m1../s1. The minimum absolute atomic E-state index is 0. The molecule has 6 aromatic rings. The van der Waals surface area contributed by atoms with Crippen molar-refractivity contribution in [3.05, 3.63) is 153 Å². The summed E-state index contributed by atoms with van der Waals surface area (Å²) in [5.74, 6) is 2.62. The van der Waals surface area contributed by atoms with Crippen LogP contribution in [0.1, 0.15) is 158 Å². The van der Waals surface area contributed by atoms with Crippen molar-refractivity contribution in [1.82, 2.24) is 15.0 Å².